The third kappa shape index (κ3) is 5.70. The van der Waals surface area contributed by atoms with Gasteiger partial charge in [0, 0.05) is 29.8 Å². The Morgan fingerprint density at radius 1 is 1.11 bits per heavy atom. The zero-order valence-electron chi connectivity index (χ0n) is 20.1. The summed E-state index contributed by atoms with van der Waals surface area (Å²) in [5, 5.41) is 13.3. The van der Waals surface area contributed by atoms with Crippen molar-refractivity contribution >= 4 is 58.9 Å². The van der Waals surface area contributed by atoms with Crippen molar-refractivity contribution in [3.05, 3.63) is 46.9 Å². The van der Waals surface area contributed by atoms with Crippen molar-refractivity contribution in [2.45, 2.75) is 50.6 Å². The molecule has 0 radical (unpaired) electrons. The number of ketones is 1. The molecule has 6 nitrogen and oxygen atoms in total. The van der Waals surface area contributed by atoms with E-state index < -0.39 is 11.6 Å². The fourth-order valence-corrected chi connectivity index (χ4v) is 4.99. The summed E-state index contributed by atoms with van der Waals surface area (Å²) in [6.07, 6.45) is 7.65. The summed E-state index contributed by atoms with van der Waals surface area (Å²) in [5.41, 5.74) is 3.46. The predicted octanol–water partition coefficient (Wildman–Crippen LogP) is 6.52. The van der Waals surface area contributed by atoms with Gasteiger partial charge in [-0.05, 0) is 76.9 Å². The average molecular weight is 556 g/mol. The number of anilines is 1. The van der Waals surface area contributed by atoms with Crippen LogP contribution in [0.5, 0.6) is 5.75 Å². The Morgan fingerprint density at radius 2 is 1.81 bits per heavy atom. The lowest BCUT2D eigenvalue weighted by atomic mass is 9.90. The molecule has 2 heterocycles. The van der Waals surface area contributed by atoms with Crippen molar-refractivity contribution in [1.82, 2.24) is 14.9 Å². The van der Waals surface area contributed by atoms with E-state index in [-0.39, 0.29) is 47.6 Å². The number of halogens is 4. The number of phenols is 1. The van der Waals surface area contributed by atoms with Crippen LogP contribution < -0.4 is 5.32 Å². The number of hydrogen-bond acceptors (Lipinski definition) is 6. The SMILES string of the molecule is CN(C)C1CCC(Nc2c(C(=O)C3CC3)cnc3ccc(-c4cc(F)c(O)c(Cl)c4)nc23)CC1.Cl.Cl. The van der Waals surface area contributed by atoms with Crippen LogP contribution in [0.3, 0.4) is 0 Å². The molecule has 0 saturated heterocycles. The van der Waals surface area contributed by atoms with Gasteiger partial charge in [0.1, 0.15) is 5.52 Å². The predicted molar refractivity (Wildman–Crippen MR) is 147 cm³/mol. The first-order valence-electron chi connectivity index (χ1n) is 11.8. The van der Waals surface area contributed by atoms with Gasteiger partial charge in [-0.15, -0.1) is 24.8 Å². The van der Waals surface area contributed by atoms with Crippen LogP contribution in [-0.4, -0.2) is 51.9 Å². The number of nitrogens with one attached hydrogen (secondary N) is 1. The minimum Gasteiger partial charge on any atom is -0.504 e. The maximum Gasteiger partial charge on any atom is 0.170 e. The van der Waals surface area contributed by atoms with Crippen LogP contribution in [-0.2, 0) is 0 Å². The molecule has 0 bridgehead atoms. The van der Waals surface area contributed by atoms with Gasteiger partial charge >= 0.3 is 0 Å². The van der Waals surface area contributed by atoms with Crippen LogP contribution in [0.15, 0.2) is 30.5 Å². The second-order valence-electron chi connectivity index (χ2n) is 9.65. The third-order valence-electron chi connectivity index (χ3n) is 7.01. The second kappa shape index (κ2) is 11.5. The number of hydrogen-bond donors (Lipinski definition) is 2. The summed E-state index contributed by atoms with van der Waals surface area (Å²) in [7, 11) is 4.23. The zero-order valence-corrected chi connectivity index (χ0v) is 22.5. The molecule has 36 heavy (non-hydrogen) atoms. The van der Waals surface area contributed by atoms with Crippen molar-refractivity contribution in [3.63, 3.8) is 0 Å². The number of nitrogens with zero attached hydrogens (tertiary/aromatic N) is 3. The van der Waals surface area contributed by atoms with Gasteiger partial charge in [-0.25, -0.2) is 9.37 Å². The first-order valence-corrected chi connectivity index (χ1v) is 12.1. The molecule has 0 amide bonds. The normalized spacial score (nSPS) is 19.5. The lowest BCUT2D eigenvalue weighted by molar-refractivity contribution is 0.0968. The zero-order chi connectivity index (χ0) is 24.0. The minimum atomic E-state index is -0.809. The lowest BCUT2D eigenvalue weighted by Gasteiger charge is -2.33. The molecule has 2 fully saturated rings. The molecule has 0 unspecified atom stereocenters. The van der Waals surface area contributed by atoms with Crippen LogP contribution in [0.25, 0.3) is 22.3 Å². The fourth-order valence-electron chi connectivity index (χ4n) is 4.78. The maximum absolute atomic E-state index is 14.1. The van der Waals surface area contributed by atoms with Crippen molar-refractivity contribution in [3.8, 4) is 17.0 Å². The molecule has 2 aliphatic rings. The number of carbonyl (C=O) groups is 1. The van der Waals surface area contributed by atoms with E-state index in [1.165, 1.54) is 12.1 Å². The van der Waals surface area contributed by atoms with Gasteiger partial charge in [-0.2, -0.15) is 0 Å². The van der Waals surface area contributed by atoms with Crippen molar-refractivity contribution < 1.29 is 14.3 Å². The highest BCUT2D eigenvalue weighted by molar-refractivity contribution is 6.32. The molecule has 1 aromatic carbocycles. The van der Waals surface area contributed by atoms with Crippen LogP contribution in [0.1, 0.15) is 48.9 Å². The Kier molecular flexibility index (Phi) is 9.04. The van der Waals surface area contributed by atoms with E-state index in [0.29, 0.717) is 39.6 Å². The molecular weight excluding hydrogens is 526 g/mol. The largest absolute Gasteiger partial charge is 0.504 e. The molecule has 0 aliphatic heterocycles. The molecule has 10 heteroatoms. The van der Waals surface area contributed by atoms with Crippen molar-refractivity contribution in [1.29, 1.82) is 0 Å². The molecule has 194 valence electrons. The lowest BCUT2D eigenvalue weighted by Crippen LogP contribution is -2.36. The summed E-state index contributed by atoms with van der Waals surface area (Å²) in [6.45, 7) is 0. The molecule has 5 rings (SSSR count). The van der Waals surface area contributed by atoms with Gasteiger partial charge in [0.2, 0.25) is 0 Å². The highest BCUT2D eigenvalue weighted by Gasteiger charge is 2.33. The van der Waals surface area contributed by atoms with Gasteiger partial charge in [-0.3, -0.25) is 9.78 Å². The van der Waals surface area contributed by atoms with E-state index in [1.54, 1.807) is 12.3 Å². The van der Waals surface area contributed by atoms with Gasteiger partial charge < -0.3 is 15.3 Å². The van der Waals surface area contributed by atoms with Gasteiger partial charge in [0.25, 0.3) is 0 Å². The Morgan fingerprint density at radius 3 is 2.42 bits per heavy atom. The minimum absolute atomic E-state index is 0. The van der Waals surface area contributed by atoms with E-state index in [2.05, 4.69) is 29.3 Å². The summed E-state index contributed by atoms with van der Waals surface area (Å²) < 4.78 is 14.1. The molecule has 0 spiro atoms. The van der Waals surface area contributed by atoms with Gasteiger partial charge in [0.05, 0.1) is 27.5 Å². The van der Waals surface area contributed by atoms with Crippen LogP contribution in [0.2, 0.25) is 5.02 Å². The van der Waals surface area contributed by atoms with E-state index in [0.717, 1.165) is 38.5 Å². The van der Waals surface area contributed by atoms with Gasteiger partial charge in [-0.1, -0.05) is 11.6 Å². The number of carbonyl (C=O) groups excluding carboxylic acids is 1. The Hall–Kier alpha value is -2.19. The van der Waals surface area contributed by atoms with E-state index in [9.17, 15) is 14.3 Å². The summed E-state index contributed by atoms with van der Waals surface area (Å²) >= 11 is 6.00. The fraction of sp³-hybridized carbons (Fsp3) is 0.423. The van der Waals surface area contributed by atoms with E-state index >= 15 is 0 Å². The molecule has 2 saturated carbocycles. The molecule has 2 N–H and O–H groups in total. The number of phenolic OH excluding ortho intramolecular Hbond substituents is 1. The number of rotatable bonds is 6. The summed E-state index contributed by atoms with van der Waals surface area (Å²) in [5.74, 6) is -1.24. The van der Waals surface area contributed by atoms with Gasteiger partial charge in [0.15, 0.2) is 17.3 Å². The van der Waals surface area contributed by atoms with E-state index in [4.69, 9.17) is 16.6 Å². The maximum atomic E-state index is 14.1. The molecule has 3 aromatic rings. The highest BCUT2D eigenvalue weighted by atomic mass is 35.5. The van der Waals surface area contributed by atoms with E-state index in [1.807, 2.05) is 6.07 Å². The summed E-state index contributed by atoms with van der Waals surface area (Å²) in [6, 6.07) is 7.05. The first-order chi connectivity index (χ1) is 16.3. The number of aromatic nitrogens is 2. The summed E-state index contributed by atoms with van der Waals surface area (Å²) in [4.78, 5) is 24.7. The molecule has 0 atom stereocenters. The molecule has 2 aliphatic carbocycles. The number of Topliss-reactive ketones (excluding diaryl/α,β-unsaturated/α-hetero) is 1. The number of aromatic hydroxyl groups is 1. The monoisotopic (exact) mass is 554 g/mol. The topological polar surface area (TPSA) is 78.4 Å². The Labute approximate surface area is 227 Å². The number of benzene rings is 1. The first kappa shape index (κ1) is 28.4. The van der Waals surface area contributed by atoms with Crippen molar-refractivity contribution in [2.75, 3.05) is 19.4 Å². The third-order valence-corrected chi connectivity index (χ3v) is 7.30. The van der Waals surface area contributed by atoms with Crippen molar-refractivity contribution in [2.24, 2.45) is 5.92 Å². The Bertz CT molecular complexity index is 1240. The van der Waals surface area contributed by atoms with Crippen LogP contribution in [0.4, 0.5) is 10.1 Å². The smallest absolute Gasteiger partial charge is 0.170 e. The molecular formula is C26H30Cl3FN4O2. The van der Waals surface area contributed by atoms with Crippen LogP contribution in [0, 0.1) is 11.7 Å². The average Bonchev–Trinajstić information content (AvgIpc) is 3.67. The second-order valence-corrected chi connectivity index (χ2v) is 10.1. The number of pyridine rings is 2. The standard InChI is InChI=1S/C26H28ClFN4O2.2ClH/c1-32(2)17-7-5-16(6-8-17)30-23-18(25(33)14-3-4-14)13-29-22-10-9-21(31-24(22)23)15-11-19(27)26(34)20(28)12-15;;/h9-14,16-17,34H,3-8H2,1-2H3,(H,29,30);2*1H. The highest BCUT2D eigenvalue weighted by Crippen LogP contribution is 2.38. The van der Waals surface area contributed by atoms with Crippen LogP contribution >= 0.6 is 36.4 Å². The number of fused-ring (bicyclic) bond motifs is 1. The Balaban J connectivity index is 0.00000180. The molecule has 2 aromatic heterocycles. The quantitative estimate of drug-likeness (QED) is 0.337.